The SMILES string of the molecule is Cc1cc(NCc2ccc(C(C)C)cc2)n2ncnc2n1. The molecule has 0 atom stereocenters. The van der Waals surface area contributed by atoms with E-state index in [9.17, 15) is 0 Å². The molecule has 5 heteroatoms. The van der Waals surface area contributed by atoms with Gasteiger partial charge in [-0.15, -0.1) is 0 Å². The van der Waals surface area contributed by atoms with Gasteiger partial charge in [0.2, 0.25) is 0 Å². The smallest absolute Gasteiger partial charge is 0.254 e. The van der Waals surface area contributed by atoms with Crippen molar-refractivity contribution in [1.29, 1.82) is 0 Å². The Morgan fingerprint density at radius 2 is 1.95 bits per heavy atom. The summed E-state index contributed by atoms with van der Waals surface area (Å²) in [6, 6.07) is 10.7. The number of rotatable bonds is 4. The van der Waals surface area contributed by atoms with Gasteiger partial charge in [-0.05, 0) is 24.0 Å². The van der Waals surface area contributed by atoms with Crippen molar-refractivity contribution in [2.75, 3.05) is 5.32 Å². The standard InChI is InChI=1S/C16H19N5/c1-11(2)14-6-4-13(5-7-14)9-17-15-8-12(3)20-16-18-10-19-21(15)16/h4-8,10-11,17H,9H2,1-3H3. The number of anilines is 1. The summed E-state index contributed by atoms with van der Waals surface area (Å²) in [7, 11) is 0. The van der Waals surface area contributed by atoms with Crippen molar-refractivity contribution < 1.29 is 0 Å². The van der Waals surface area contributed by atoms with Crippen molar-refractivity contribution in [2.24, 2.45) is 0 Å². The van der Waals surface area contributed by atoms with E-state index in [0.717, 1.165) is 18.1 Å². The van der Waals surface area contributed by atoms with Crippen molar-refractivity contribution in [2.45, 2.75) is 33.2 Å². The van der Waals surface area contributed by atoms with Crippen LogP contribution in [0.1, 0.15) is 36.6 Å². The molecule has 0 amide bonds. The molecule has 0 radical (unpaired) electrons. The maximum atomic E-state index is 4.33. The van der Waals surface area contributed by atoms with Gasteiger partial charge in [-0.2, -0.15) is 14.6 Å². The molecular weight excluding hydrogens is 262 g/mol. The van der Waals surface area contributed by atoms with E-state index in [2.05, 4.69) is 58.5 Å². The predicted molar refractivity (Wildman–Crippen MR) is 83.4 cm³/mol. The molecule has 3 rings (SSSR count). The molecule has 2 heterocycles. The first-order valence-corrected chi connectivity index (χ1v) is 7.13. The van der Waals surface area contributed by atoms with Gasteiger partial charge in [-0.3, -0.25) is 0 Å². The molecule has 0 saturated heterocycles. The zero-order valence-electron chi connectivity index (χ0n) is 12.5. The summed E-state index contributed by atoms with van der Waals surface area (Å²) in [5, 5.41) is 7.59. The second kappa shape index (κ2) is 5.52. The van der Waals surface area contributed by atoms with Crippen LogP contribution >= 0.6 is 0 Å². The van der Waals surface area contributed by atoms with Crippen molar-refractivity contribution in [3.8, 4) is 0 Å². The third kappa shape index (κ3) is 2.86. The lowest BCUT2D eigenvalue weighted by molar-refractivity contribution is 0.864. The molecule has 1 aromatic carbocycles. The van der Waals surface area contributed by atoms with Crippen LogP contribution in [0.2, 0.25) is 0 Å². The Morgan fingerprint density at radius 1 is 1.19 bits per heavy atom. The first-order valence-electron chi connectivity index (χ1n) is 7.13. The minimum absolute atomic E-state index is 0.560. The van der Waals surface area contributed by atoms with Crippen LogP contribution in [0.4, 0.5) is 5.82 Å². The van der Waals surface area contributed by atoms with Crippen LogP contribution in [0.5, 0.6) is 0 Å². The zero-order chi connectivity index (χ0) is 14.8. The number of nitrogens with zero attached hydrogens (tertiary/aromatic N) is 4. The highest BCUT2D eigenvalue weighted by atomic mass is 15.3. The van der Waals surface area contributed by atoms with Gasteiger partial charge in [-0.25, -0.2) is 4.98 Å². The van der Waals surface area contributed by atoms with Gasteiger partial charge in [-0.1, -0.05) is 38.1 Å². The van der Waals surface area contributed by atoms with Gasteiger partial charge in [0.15, 0.2) is 0 Å². The quantitative estimate of drug-likeness (QED) is 0.798. The summed E-state index contributed by atoms with van der Waals surface area (Å²) in [5.74, 6) is 2.08. The Labute approximate surface area is 124 Å². The number of hydrogen-bond donors (Lipinski definition) is 1. The minimum atomic E-state index is 0.560. The van der Waals surface area contributed by atoms with Gasteiger partial charge in [0.05, 0.1) is 0 Å². The molecule has 2 aromatic heterocycles. The molecule has 5 nitrogen and oxygen atoms in total. The molecule has 0 aliphatic heterocycles. The average molecular weight is 281 g/mol. The first-order chi connectivity index (χ1) is 10.1. The molecule has 0 bridgehead atoms. The van der Waals surface area contributed by atoms with Crippen molar-refractivity contribution in [3.63, 3.8) is 0 Å². The Morgan fingerprint density at radius 3 is 2.67 bits per heavy atom. The second-order valence-electron chi connectivity index (χ2n) is 5.50. The van der Waals surface area contributed by atoms with E-state index in [1.54, 1.807) is 4.52 Å². The predicted octanol–water partition coefficient (Wildman–Crippen LogP) is 3.17. The van der Waals surface area contributed by atoms with E-state index < -0.39 is 0 Å². The summed E-state index contributed by atoms with van der Waals surface area (Å²) < 4.78 is 1.72. The Balaban J connectivity index is 1.78. The normalized spacial score (nSPS) is 11.2. The highest BCUT2D eigenvalue weighted by Gasteiger charge is 2.05. The fourth-order valence-electron chi connectivity index (χ4n) is 2.27. The average Bonchev–Trinajstić information content (AvgIpc) is 2.93. The highest BCUT2D eigenvalue weighted by Crippen LogP contribution is 2.16. The van der Waals surface area contributed by atoms with Gasteiger partial charge in [0.25, 0.3) is 5.78 Å². The van der Waals surface area contributed by atoms with E-state index in [4.69, 9.17) is 0 Å². The van der Waals surface area contributed by atoms with Crippen LogP contribution in [0, 0.1) is 6.92 Å². The Kier molecular flexibility index (Phi) is 3.56. The minimum Gasteiger partial charge on any atom is -0.366 e. The monoisotopic (exact) mass is 281 g/mol. The van der Waals surface area contributed by atoms with Crippen LogP contribution in [-0.4, -0.2) is 19.6 Å². The number of aromatic nitrogens is 4. The maximum Gasteiger partial charge on any atom is 0.254 e. The Bertz CT molecular complexity index is 743. The molecule has 0 aliphatic carbocycles. The van der Waals surface area contributed by atoms with Crippen molar-refractivity contribution in [3.05, 3.63) is 53.5 Å². The molecule has 3 aromatic rings. The molecule has 0 unspecified atom stereocenters. The van der Waals surface area contributed by atoms with Gasteiger partial charge >= 0.3 is 0 Å². The molecular formula is C16H19N5. The molecule has 21 heavy (non-hydrogen) atoms. The highest BCUT2D eigenvalue weighted by molar-refractivity contribution is 5.45. The van der Waals surface area contributed by atoms with Gasteiger partial charge in [0.1, 0.15) is 12.1 Å². The molecule has 0 fully saturated rings. The summed E-state index contributed by atoms with van der Waals surface area (Å²) in [4.78, 5) is 8.46. The molecule has 0 aliphatic rings. The zero-order valence-corrected chi connectivity index (χ0v) is 12.5. The first kappa shape index (κ1) is 13.5. The van der Waals surface area contributed by atoms with Crippen LogP contribution in [0.25, 0.3) is 5.78 Å². The van der Waals surface area contributed by atoms with Crippen molar-refractivity contribution in [1.82, 2.24) is 19.6 Å². The van der Waals surface area contributed by atoms with E-state index in [1.165, 1.54) is 17.5 Å². The number of benzene rings is 1. The molecule has 0 spiro atoms. The summed E-state index contributed by atoms with van der Waals surface area (Å²) >= 11 is 0. The van der Waals surface area contributed by atoms with E-state index >= 15 is 0 Å². The van der Waals surface area contributed by atoms with Crippen LogP contribution in [0.3, 0.4) is 0 Å². The summed E-state index contributed by atoms with van der Waals surface area (Å²) in [6.07, 6.45) is 1.52. The summed E-state index contributed by atoms with van der Waals surface area (Å²) in [6.45, 7) is 7.11. The van der Waals surface area contributed by atoms with E-state index in [-0.39, 0.29) is 0 Å². The van der Waals surface area contributed by atoms with Crippen LogP contribution in [-0.2, 0) is 6.54 Å². The lowest BCUT2D eigenvalue weighted by Gasteiger charge is -2.10. The summed E-state index contributed by atoms with van der Waals surface area (Å²) in [5.41, 5.74) is 3.52. The second-order valence-corrected chi connectivity index (χ2v) is 5.50. The lowest BCUT2D eigenvalue weighted by atomic mass is 10.0. The Hall–Kier alpha value is -2.43. The topological polar surface area (TPSA) is 55.1 Å². The number of fused-ring (bicyclic) bond motifs is 1. The number of nitrogens with one attached hydrogen (secondary N) is 1. The third-order valence-electron chi connectivity index (χ3n) is 3.50. The third-order valence-corrected chi connectivity index (χ3v) is 3.50. The van der Waals surface area contributed by atoms with E-state index in [1.807, 2.05) is 13.0 Å². The lowest BCUT2D eigenvalue weighted by Crippen LogP contribution is -2.07. The van der Waals surface area contributed by atoms with Gasteiger partial charge < -0.3 is 5.32 Å². The van der Waals surface area contributed by atoms with Crippen LogP contribution < -0.4 is 5.32 Å². The largest absolute Gasteiger partial charge is 0.366 e. The molecule has 108 valence electrons. The number of hydrogen-bond acceptors (Lipinski definition) is 4. The van der Waals surface area contributed by atoms with Gasteiger partial charge in [0, 0.05) is 18.3 Å². The molecule has 0 saturated carbocycles. The van der Waals surface area contributed by atoms with E-state index in [0.29, 0.717) is 11.7 Å². The van der Waals surface area contributed by atoms with Crippen LogP contribution in [0.15, 0.2) is 36.7 Å². The van der Waals surface area contributed by atoms with Crippen molar-refractivity contribution >= 4 is 11.6 Å². The maximum absolute atomic E-state index is 4.33. The fraction of sp³-hybridized carbons (Fsp3) is 0.312. The number of aryl methyl sites for hydroxylation is 1. The molecule has 1 N–H and O–H groups in total. The fourth-order valence-corrected chi connectivity index (χ4v) is 2.27.